The predicted molar refractivity (Wildman–Crippen MR) is 119 cm³/mol. The van der Waals surface area contributed by atoms with Crippen LogP contribution in [-0.2, 0) is 23.9 Å². The van der Waals surface area contributed by atoms with Crippen LogP contribution in [0, 0.1) is 11.8 Å². The summed E-state index contributed by atoms with van der Waals surface area (Å²) in [5.41, 5.74) is -0.973. The van der Waals surface area contributed by atoms with Crippen LogP contribution in [0.4, 0.5) is 0 Å². The molecule has 3 heterocycles. The summed E-state index contributed by atoms with van der Waals surface area (Å²) in [6.45, 7) is 9.38. The van der Waals surface area contributed by atoms with Crippen LogP contribution >= 0.6 is 0 Å². The number of amides is 2. The minimum atomic E-state index is -0.973. The highest BCUT2D eigenvalue weighted by molar-refractivity contribution is 5.98. The van der Waals surface area contributed by atoms with Crippen molar-refractivity contribution in [2.24, 2.45) is 11.8 Å². The van der Waals surface area contributed by atoms with Crippen LogP contribution in [0.5, 0.6) is 0 Å². The van der Waals surface area contributed by atoms with Gasteiger partial charge in [0.25, 0.3) is 0 Å². The molecule has 0 radical (unpaired) electrons. The van der Waals surface area contributed by atoms with Crippen molar-refractivity contribution in [1.82, 2.24) is 9.80 Å². The molecule has 2 amide bonds. The Kier molecular flexibility index (Phi) is 8.33. The van der Waals surface area contributed by atoms with E-state index < -0.39 is 29.4 Å². The zero-order chi connectivity index (χ0) is 23.3. The molecule has 3 aliphatic rings. The van der Waals surface area contributed by atoms with Gasteiger partial charge >= 0.3 is 5.97 Å². The molecule has 8 nitrogen and oxygen atoms in total. The summed E-state index contributed by atoms with van der Waals surface area (Å²) < 4.78 is 11.7. The SMILES string of the molecule is C=CCN(CCCC)C(=O)[C@@H]1N(CCCCCO)C(=O)[C@H]2[C@H](C(=O)OCC)[C@@H]3CC[C@]12O3. The normalized spacial score (nSPS) is 30.5. The molecule has 3 rings (SSSR count). The Bertz CT molecular complexity index is 713. The number of aliphatic hydroxyl groups is 1. The number of fused-ring (bicyclic) bond motifs is 1. The number of carbonyl (C=O) groups is 3. The molecule has 5 atom stereocenters. The van der Waals surface area contributed by atoms with Gasteiger partial charge in [0.15, 0.2) is 0 Å². The highest BCUT2D eigenvalue weighted by Gasteiger charge is 2.74. The highest BCUT2D eigenvalue weighted by Crippen LogP contribution is 2.58. The lowest BCUT2D eigenvalue weighted by atomic mass is 9.70. The average molecular weight is 451 g/mol. The summed E-state index contributed by atoms with van der Waals surface area (Å²) in [7, 11) is 0. The highest BCUT2D eigenvalue weighted by atomic mass is 16.6. The van der Waals surface area contributed by atoms with Gasteiger partial charge in [0, 0.05) is 26.2 Å². The summed E-state index contributed by atoms with van der Waals surface area (Å²) in [6.07, 6.45) is 6.47. The number of aliphatic hydroxyl groups excluding tert-OH is 1. The minimum absolute atomic E-state index is 0.0999. The Morgan fingerprint density at radius 2 is 2.09 bits per heavy atom. The first kappa shape index (κ1) is 24.7. The molecule has 1 N–H and O–H groups in total. The molecule has 0 saturated carbocycles. The summed E-state index contributed by atoms with van der Waals surface area (Å²) >= 11 is 0. The van der Waals surface area contributed by atoms with Crippen molar-refractivity contribution in [3.05, 3.63) is 12.7 Å². The molecule has 3 saturated heterocycles. The van der Waals surface area contributed by atoms with E-state index in [2.05, 4.69) is 13.5 Å². The second-order valence-corrected chi connectivity index (χ2v) is 9.05. The molecule has 1 spiro atoms. The Morgan fingerprint density at radius 1 is 1.31 bits per heavy atom. The molecular weight excluding hydrogens is 412 g/mol. The zero-order valence-corrected chi connectivity index (χ0v) is 19.5. The third-order valence-electron chi connectivity index (χ3n) is 7.09. The number of likely N-dealkylation sites (tertiary alicyclic amines) is 1. The van der Waals surface area contributed by atoms with Gasteiger partial charge in [0.2, 0.25) is 11.8 Å². The van der Waals surface area contributed by atoms with Crippen molar-refractivity contribution >= 4 is 17.8 Å². The Balaban J connectivity index is 1.93. The third-order valence-corrected chi connectivity index (χ3v) is 7.09. The number of hydrogen-bond donors (Lipinski definition) is 1. The first-order chi connectivity index (χ1) is 15.5. The predicted octanol–water partition coefficient (Wildman–Crippen LogP) is 1.90. The van der Waals surface area contributed by atoms with Crippen LogP contribution in [0.1, 0.15) is 58.8 Å². The summed E-state index contributed by atoms with van der Waals surface area (Å²) in [5.74, 6) is -2.04. The van der Waals surface area contributed by atoms with Crippen LogP contribution in [0.3, 0.4) is 0 Å². The van der Waals surface area contributed by atoms with E-state index in [1.807, 2.05) is 0 Å². The molecule has 0 aliphatic carbocycles. The topological polar surface area (TPSA) is 96.4 Å². The van der Waals surface area contributed by atoms with Gasteiger partial charge in [-0.1, -0.05) is 19.4 Å². The first-order valence-corrected chi connectivity index (χ1v) is 12.1. The van der Waals surface area contributed by atoms with E-state index in [9.17, 15) is 14.4 Å². The van der Waals surface area contributed by atoms with Crippen LogP contribution in [-0.4, -0.2) is 83.3 Å². The molecule has 0 aromatic rings. The number of ether oxygens (including phenoxy) is 2. The molecule has 8 heteroatoms. The van der Waals surface area contributed by atoms with Gasteiger partial charge in [-0.15, -0.1) is 6.58 Å². The largest absolute Gasteiger partial charge is 0.466 e. The van der Waals surface area contributed by atoms with Crippen LogP contribution < -0.4 is 0 Å². The fraction of sp³-hybridized carbons (Fsp3) is 0.792. The Hall–Kier alpha value is -1.93. The Labute approximate surface area is 190 Å². The summed E-state index contributed by atoms with van der Waals surface area (Å²) in [6, 6.07) is -0.740. The molecule has 0 unspecified atom stereocenters. The lowest BCUT2D eigenvalue weighted by Gasteiger charge is -2.36. The van der Waals surface area contributed by atoms with Gasteiger partial charge in [-0.3, -0.25) is 14.4 Å². The number of carbonyl (C=O) groups excluding carboxylic acids is 3. The molecule has 180 valence electrons. The van der Waals surface area contributed by atoms with Gasteiger partial charge in [0.1, 0.15) is 11.6 Å². The molecule has 0 aromatic carbocycles. The molecule has 3 aliphatic heterocycles. The van der Waals surface area contributed by atoms with Crippen LogP contribution in [0.15, 0.2) is 12.7 Å². The standard InChI is InChI=1S/C24H38N2O6/c1-4-7-14-25(13-5-2)22(29)20-24-12-11-17(32-24)18(23(30)31-6-3)19(24)21(28)26(20)15-9-8-10-16-27/h5,17-20,27H,2,4,6-16H2,1,3H3/t17-,18+,19+,20-,24+/m0/s1. The lowest BCUT2D eigenvalue weighted by Crippen LogP contribution is -2.56. The van der Waals surface area contributed by atoms with E-state index in [0.717, 1.165) is 19.3 Å². The lowest BCUT2D eigenvalue weighted by molar-refractivity contribution is -0.155. The van der Waals surface area contributed by atoms with E-state index in [1.165, 1.54) is 0 Å². The van der Waals surface area contributed by atoms with Crippen molar-refractivity contribution in [1.29, 1.82) is 0 Å². The smallest absolute Gasteiger partial charge is 0.312 e. The molecular formula is C24H38N2O6. The summed E-state index contributed by atoms with van der Waals surface area (Å²) in [5, 5.41) is 9.10. The summed E-state index contributed by atoms with van der Waals surface area (Å²) in [4.78, 5) is 43.7. The van der Waals surface area contributed by atoms with Gasteiger partial charge in [0.05, 0.1) is 24.5 Å². The second kappa shape index (κ2) is 10.8. The zero-order valence-electron chi connectivity index (χ0n) is 19.5. The Morgan fingerprint density at radius 3 is 2.75 bits per heavy atom. The molecule has 3 fully saturated rings. The van der Waals surface area contributed by atoms with Crippen molar-refractivity contribution in [2.75, 3.05) is 32.8 Å². The molecule has 32 heavy (non-hydrogen) atoms. The van der Waals surface area contributed by atoms with E-state index in [4.69, 9.17) is 14.6 Å². The quantitative estimate of drug-likeness (QED) is 0.262. The fourth-order valence-electron chi connectivity index (χ4n) is 5.72. The number of hydrogen-bond acceptors (Lipinski definition) is 6. The van der Waals surface area contributed by atoms with Gasteiger partial charge in [-0.05, 0) is 45.4 Å². The number of esters is 1. The van der Waals surface area contributed by atoms with Gasteiger partial charge in [-0.2, -0.15) is 0 Å². The van der Waals surface area contributed by atoms with Crippen molar-refractivity contribution in [3.8, 4) is 0 Å². The number of nitrogens with zero attached hydrogens (tertiary/aromatic N) is 2. The average Bonchev–Trinajstić information content (AvgIpc) is 3.41. The maximum absolute atomic E-state index is 13.9. The van der Waals surface area contributed by atoms with Gasteiger partial charge in [-0.25, -0.2) is 0 Å². The first-order valence-electron chi connectivity index (χ1n) is 12.1. The fourth-order valence-corrected chi connectivity index (χ4v) is 5.72. The minimum Gasteiger partial charge on any atom is -0.466 e. The van der Waals surface area contributed by atoms with E-state index in [-0.39, 0.29) is 31.1 Å². The monoisotopic (exact) mass is 450 g/mol. The van der Waals surface area contributed by atoms with E-state index in [1.54, 1.807) is 22.8 Å². The maximum atomic E-state index is 13.9. The van der Waals surface area contributed by atoms with E-state index >= 15 is 0 Å². The number of unbranched alkanes of at least 4 members (excludes halogenated alkanes) is 3. The van der Waals surface area contributed by atoms with Crippen LogP contribution in [0.2, 0.25) is 0 Å². The number of rotatable bonds is 13. The van der Waals surface area contributed by atoms with Crippen molar-refractivity contribution < 1.29 is 29.0 Å². The third kappa shape index (κ3) is 4.31. The van der Waals surface area contributed by atoms with Crippen molar-refractivity contribution in [3.63, 3.8) is 0 Å². The molecule has 0 aromatic heterocycles. The second-order valence-electron chi connectivity index (χ2n) is 9.05. The van der Waals surface area contributed by atoms with Crippen molar-refractivity contribution in [2.45, 2.75) is 76.5 Å². The molecule has 2 bridgehead atoms. The van der Waals surface area contributed by atoms with E-state index in [0.29, 0.717) is 45.3 Å². The maximum Gasteiger partial charge on any atom is 0.312 e. The van der Waals surface area contributed by atoms with Gasteiger partial charge < -0.3 is 24.4 Å². The van der Waals surface area contributed by atoms with Crippen LogP contribution in [0.25, 0.3) is 0 Å².